The molecular formula is C49H53F3N3O16S4+. The van der Waals surface area contributed by atoms with E-state index in [1.165, 1.54) is 48.6 Å². The Balaban J connectivity index is 1.46. The number of nitrogens with zero attached hydrogens (tertiary/aromatic N) is 3. The van der Waals surface area contributed by atoms with Gasteiger partial charge in [-0.3, -0.25) is 27.8 Å². The van der Waals surface area contributed by atoms with Gasteiger partial charge in [0.1, 0.15) is 24.0 Å². The van der Waals surface area contributed by atoms with Crippen LogP contribution in [0.5, 0.6) is 0 Å². The van der Waals surface area contributed by atoms with Crippen LogP contribution < -0.4 is 4.90 Å². The minimum Gasteiger partial charge on any atom is -0.344 e. The summed E-state index contributed by atoms with van der Waals surface area (Å²) in [5, 5.41) is 0.329. The first kappa shape index (κ1) is 56.8. The highest BCUT2D eigenvalue weighted by atomic mass is 32.2. The normalized spacial score (nSPS) is 20.1. The molecule has 404 valence electrons. The van der Waals surface area contributed by atoms with E-state index in [1.54, 1.807) is 37.2 Å². The Hall–Kier alpha value is -5.87. The summed E-state index contributed by atoms with van der Waals surface area (Å²) in [6, 6.07) is 8.53. The van der Waals surface area contributed by atoms with Crippen molar-refractivity contribution in [2.24, 2.45) is 5.92 Å². The molecule has 3 aromatic rings. The molecular weight excluding hydrogens is 1070 g/mol. The number of amides is 2. The molecule has 75 heavy (non-hydrogen) atoms. The van der Waals surface area contributed by atoms with Gasteiger partial charge in [-0.25, -0.2) is 18.0 Å². The van der Waals surface area contributed by atoms with E-state index in [1.807, 2.05) is 0 Å². The van der Waals surface area contributed by atoms with E-state index in [4.69, 9.17) is 4.84 Å². The Bertz CT molecular complexity index is 3510. The number of hydroxylamine groups is 2. The molecule has 2 amide bonds. The standard InChI is InChI=1S/C49H52F3N3O16S4/c1-48(2)35-27-33(74(65,66)67)11-13-39(35)53(19-5-7-21-72(59,60)61)41(48)15-9-29-23-31(47(58)71-55-43(56)17-18-44(55)57)24-30(45(29)46-37(51)25-32(50)26-38(46)52)10-16-42-49(3,4)36-28-34(75(68,69)70)12-14-40(36)54(42)20-6-8-22-73(62,63)64/h9-16,25-28,31H,5-8,17-24H2,1-4H3,(H3-,59,60,61,62,63,64,65,66,67,68,69,70)/p+1. The summed E-state index contributed by atoms with van der Waals surface area (Å²) in [6.45, 7) is 6.91. The number of hydrogen-bond acceptors (Lipinski definition) is 13. The van der Waals surface area contributed by atoms with Crippen LogP contribution in [0, 0.1) is 23.4 Å². The first-order chi connectivity index (χ1) is 34.7. The minimum atomic E-state index is -4.73. The van der Waals surface area contributed by atoms with Crippen LogP contribution in [0.4, 0.5) is 24.5 Å². The second kappa shape index (κ2) is 20.9. The summed E-state index contributed by atoms with van der Waals surface area (Å²) in [6.07, 6.45) is 4.80. The number of allylic oxidation sites excluding steroid dienone is 8. The summed E-state index contributed by atoms with van der Waals surface area (Å²) >= 11 is 0. The van der Waals surface area contributed by atoms with Gasteiger partial charge in [0.2, 0.25) is 5.69 Å². The third-order valence-corrected chi connectivity index (χ3v) is 16.9. The number of rotatable bonds is 18. The zero-order valence-corrected chi connectivity index (χ0v) is 44.1. The van der Waals surface area contributed by atoms with Crippen molar-refractivity contribution in [2.45, 2.75) is 99.7 Å². The SMILES string of the molecule is CC1(C)C(/C=C/C2=C(c3c(F)cc(F)cc3F)C(=C/C=C3/N(CCCCS(=O)(=O)O)c4ccc(S(=O)(=O)O)cc4C3(C)C)/CC(C(=O)ON3C(=O)CCC3=O)C2)=[N+](CCCCS(=O)(=O)O)c2ccc(S(=O)(=O)O)cc21. The maximum Gasteiger partial charge on any atom is 0.336 e. The number of benzene rings is 3. The summed E-state index contributed by atoms with van der Waals surface area (Å²) < 4.78 is 184. The molecule has 0 bridgehead atoms. The fraction of sp³-hybridized carbons (Fsp3) is 0.388. The molecule has 0 spiro atoms. The average molecular weight is 1130 g/mol. The highest BCUT2D eigenvalue weighted by Gasteiger charge is 2.46. The fourth-order valence-electron chi connectivity index (χ4n) is 9.99. The lowest BCUT2D eigenvalue weighted by atomic mass is 9.76. The van der Waals surface area contributed by atoms with Crippen molar-refractivity contribution in [3.63, 3.8) is 0 Å². The van der Waals surface area contributed by atoms with Crippen molar-refractivity contribution in [3.8, 4) is 0 Å². The van der Waals surface area contributed by atoms with Crippen molar-refractivity contribution >= 4 is 80.9 Å². The smallest absolute Gasteiger partial charge is 0.336 e. The van der Waals surface area contributed by atoms with E-state index >= 15 is 8.78 Å². The summed E-state index contributed by atoms with van der Waals surface area (Å²) in [7, 11) is -18.2. The second-order valence-electron chi connectivity index (χ2n) is 19.6. The first-order valence-electron chi connectivity index (χ1n) is 23.3. The third kappa shape index (κ3) is 12.4. The summed E-state index contributed by atoms with van der Waals surface area (Å²) in [4.78, 5) is 45.7. The lowest BCUT2D eigenvalue weighted by Crippen LogP contribution is -2.35. The van der Waals surface area contributed by atoms with E-state index in [-0.39, 0.29) is 68.3 Å². The molecule has 26 heteroatoms. The Morgan fingerprint density at radius 2 is 1.28 bits per heavy atom. The molecule has 1 fully saturated rings. The maximum atomic E-state index is 16.4. The molecule has 1 atom stereocenters. The molecule has 1 aliphatic carbocycles. The molecule has 3 heterocycles. The van der Waals surface area contributed by atoms with Gasteiger partial charge < -0.3 is 9.74 Å². The summed E-state index contributed by atoms with van der Waals surface area (Å²) in [5.74, 6) is -9.22. The van der Waals surface area contributed by atoms with Gasteiger partial charge in [-0.2, -0.15) is 38.2 Å². The second-order valence-corrected chi connectivity index (χ2v) is 25.5. The Morgan fingerprint density at radius 1 is 0.720 bits per heavy atom. The molecule has 3 aromatic carbocycles. The van der Waals surface area contributed by atoms with Gasteiger partial charge in [-0.05, 0) is 105 Å². The largest absolute Gasteiger partial charge is 0.344 e. The highest BCUT2D eigenvalue weighted by molar-refractivity contribution is 7.86. The zero-order chi connectivity index (χ0) is 55.4. The van der Waals surface area contributed by atoms with Gasteiger partial charge in [-0.1, -0.05) is 26.0 Å². The van der Waals surface area contributed by atoms with E-state index in [9.17, 15) is 70.7 Å². The van der Waals surface area contributed by atoms with E-state index in [0.717, 1.165) is 12.1 Å². The van der Waals surface area contributed by atoms with Crippen LogP contribution in [0.25, 0.3) is 5.57 Å². The zero-order valence-electron chi connectivity index (χ0n) is 40.8. The van der Waals surface area contributed by atoms with Crippen LogP contribution in [0.3, 0.4) is 0 Å². The Labute approximate surface area is 431 Å². The summed E-state index contributed by atoms with van der Waals surface area (Å²) in [5.41, 5.74) is -0.867. The number of unbranched alkanes of at least 4 members (excludes halogenated alkanes) is 2. The predicted octanol–water partition coefficient (Wildman–Crippen LogP) is 6.94. The van der Waals surface area contributed by atoms with Crippen LogP contribution >= 0.6 is 0 Å². The molecule has 1 saturated heterocycles. The molecule has 4 aliphatic rings. The van der Waals surface area contributed by atoms with E-state index in [2.05, 4.69) is 0 Å². The van der Waals surface area contributed by atoms with Crippen molar-refractivity contribution < 1.29 is 88.9 Å². The van der Waals surface area contributed by atoms with Crippen molar-refractivity contribution in [2.75, 3.05) is 29.5 Å². The van der Waals surface area contributed by atoms with Crippen LogP contribution in [0.2, 0.25) is 0 Å². The fourth-order valence-corrected chi connectivity index (χ4v) is 12.1. The molecule has 1 unspecified atom stereocenters. The number of carbonyl (C=O) groups excluding carboxylic acids is 3. The molecule has 0 aromatic heterocycles. The molecule has 0 saturated carbocycles. The number of fused-ring (bicyclic) bond motifs is 2. The van der Waals surface area contributed by atoms with Gasteiger partial charge in [0, 0.05) is 72.4 Å². The van der Waals surface area contributed by atoms with Crippen LogP contribution in [-0.2, 0) is 70.5 Å². The van der Waals surface area contributed by atoms with Gasteiger partial charge in [0.25, 0.3) is 52.3 Å². The van der Waals surface area contributed by atoms with Gasteiger partial charge in [0.15, 0.2) is 5.71 Å². The molecule has 0 radical (unpaired) electrons. The van der Waals surface area contributed by atoms with Gasteiger partial charge in [-0.15, -0.1) is 5.06 Å². The Kier molecular flexibility index (Phi) is 15.9. The van der Waals surface area contributed by atoms with Crippen LogP contribution in [0.1, 0.15) is 95.8 Å². The number of imide groups is 1. The quantitative estimate of drug-likeness (QED) is 0.0434. The van der Waals surface area contributed by atoms with Gasteiger partial charge >= 0.3 is 5.97 Å². The number of anilines is 1. The topological polar surface area (TPSA) is 287 Å². The lowest BCUT2D eigenvalue weighted by Gasteiger charge is -2.30. The third-order valence-electron chi connectivity index (χ3n) is 13.6. The van der Waals surface area contributed by atoms with Crippen molar-refractivity contribution in [1.29, 1.82) is 0 Å². The molecule has 19 nitrogen and oxygen atoms in total. The van der Waals surface area contributed by atoms with Gasteiger partial charge in [0.05, 0.1) is 38.2 Å². The number of halogens is 3. The predicted molar refractivity (Wildman–Crippen MR) is 265 cm³/mol. The maximum absolute atomic E-state index is 16.4. The highest BCUT2D eigenvalue weighted by Crippen LogP contribution is 2.50. The molecule has 4 N–H and O–H groups in total. The average Bonchev–Trinajstić information content (AvgIpc) is 3.80. The molecule has 7 rings (SSSR count). The minimum absolute atomic E-state index is 0.00868. The first-order valence-corrected chi connectivity index (χ1v) is 29.4. The van der Waals surface area contributed by atoms with E-state index in [0.29, 0.717) is 51.1 Å². The molecule has 3 aliphatic heterocycles. The van der Waals surface area contributed by atoms with Crippen molar-refractivity contribution in [3.05, 3.63) is 124 Å². The Morgan fingerprint density at radius 3 is 1.85 bits per heavy atom. The van der Waals surface area contributed by atoms with Crippen LogP contribution in [0.15, 0.2) is 99.5 Å². The van der Waals surface area contributed by atoms with E-state index < -0.39 is 132 Å². The number of carbonyl (C=O) groups is 3. The van der Waals surface area contributed by atoms with Crippen molar-refractivity contribution in [1.82, 2.24) is 5.06 Å². The number of hydrogen-bond donors (Lipinski definition) is 4. The van der Waals surface area contributed by atoms with Crippen LogP contribution in [-0.4, -0.2) is 110 Å². The lowest BCUT2D eigenvalue weighted by molar-refractivity contribution is -0.438. The monoisotopic (exact) mass is 1120 g/mol.